The van der Waals surface area contributed by atoms with Crippen molar-refractivity contribution in [3.63, 3.8) is 0 Å². The lowest BCUT2D eigenvalue weighted by atomic mass is 9.87. The zero-order valence-electron chi connectivity index (χ0n) is 20.0. The Hall–Kier alpha value is -0.693. The highest BCUT2D eigenvalue weighted by molar-refractivity contribution is 6.77. The van der Waals surface area contributed by atoms with E-state index in [1.165, 1.54) is 7.11 Å². The summed E-state index contributed by atoms with van der Waals surface area (Å²) < 4.78 is 18.3. The minimum absolute atomic E-state index is 0.0140. The average Bonchev–Trinajstić information content (AvgIpc) is 2.61. The van der Waals surface area contributed by atoms with E-state index < -0.39 is 14.4 Å². The fraction of sp³-hybridized carbons (Fsp3) is 0.870. The van der Waals surface area contributed by atoms with Gasteiger partial charge >= 0.3 is 5.97 Å². The normalized spacial score (nSPS) is 27.2. The van der Waals surface area contributed by atoms with Crippen LogP contribution in [0.15, 0.2) is 12.2 Å². The lowest BCUT2D eigenvalue weighted by Gasteiger charge is -2.49. The molecule has 0 aromatic rings. The zero-order chi connectivity index (χ0) is 22.4. The van der Waals surface area contributed by atoms with Gasteiger partial charge in [0.1, 0.15) is 0 Å². The minimum Gasteiger partial charge on any atom is -0.469 e. The summed E-state index contributed by atoms with van der Waals surface area (Å²) in [6.45, 7) is 17.7. The van der Waals surface area contributed by atoms with Gasteiger partial charge in [-0.2, -0.15) is 0 Å². The molecule has 0 aliphatic carbocycles. The fourth-order valence-corrected chi connectivity index (χ4v) is 10.8. The van der Waals surface area contributed by atoms with E-state index in [4.69, 9.17) is 13.9 Å². The van der Waals surface area contributed by atoms with Crippen LogP contribution in [0.5, 0.6) is 0 Å². The van der Waals surface area contributed by atoms with Gasteiger partial charge in [0.2, 0.25) is 8.32 Å². The molecular weight excluding hydrogens is 384 g/mol. The van der Waals surface area contributed by atoms with Crippen molar-refractivity contribution in [2.24, 2.45) is 5.92 Å². The molecular formula is C23H44O5Si. The van der Waals surface area contributed by atoms with Gasteiger partial charge in [0.05, 0.1) is 37.9 Å². The molecule has 5 atom stereocenters. The van der Waals surface area contributed by atoms with Crippen LogP contribution >= 0.6 is 0 Å². The molecule has 29 heavy (non-hydrogen) atoms. The van der Waals surface area contributed by atoms with Gasteiger partial charge in [0, 0.05) is 12.3 Å². The van der Waals surface area contributed by atoms with Crippen molar-refractivity contribution < 1.29 is 23.8 Å². The molecule has 0 spiro atoms. The van der Waals surface area contributed by atoms with Crippen molar-refractivity contribution in [3.05, 3.63) is 12.2 Å². The van der Waals surface area contributed by atoms with Crippen molar-refractivity contribution in [3.8, 4) is 0 Å². The molecule has 0 aromatic heterocycles. The molecule has 5 nitrogen and oxygen atoms in total. The third-order valence-electron chi connectivity index (χ3n) is 6.61. The van der Waals surface area contributed by atoms with Gasteiger partial charge in [-0.05, 0) is 30.0 Å². The maximum atomic E-state index is 12.0. The van der Waals surface area contributed by atoms with Crippen LogP contribution in [0, 0.1) is 5.92 Å². The molecule has 1 heterocycles. The van der Waals surface area contributed by atoms with E-state index in [0.717, 1.165) is 6.42 Å². The second kappa shape index (κ2) is 11.6. The first kappa shape index (κ1) is 26.3. The summed E-state index contributed by atoms with van der Waals surface area (Å²) in [6.07, 6.45) is 4.15. The van der Waals surface area contributed by atoms with Crippen LogP contribution in [0.4, 0.5) is 0 Å². The molecule has 1 aliphatic rings. The Kier molecular flexibility index (Phi) is 10.6. The minimum atomic E-state index is -2.07. The van der Waals surface area contributed by atoms with Gasteiger partial charge in [0.25, 0.3) is 0 Å². The van der Waals surface area contributed by atoms with Crippen molar-refractivity contribution in [2.75, 3.05) is 7.11 Å². The van der Waals surface area contributed by atoms with Crippen LogP contribution in [-0.4, -0.2) is 50.9 Å². The second-order valence-corrected chi connectivity index (χ2v) is 14.9. The summed E-state index contributed by atoms with van der Waals surface area (Å²) in [6, 6.07) is 0. The third kappa shape index (κ3) is 6.64. The summed E-state index contributed by atoms with van der Waals surface area (Å²) in [5.41, 5.74) is 1.47. The first-order chi connectivity index (χ1) is 13.5. The molecule has 0 aromatic carbocycles. The summed E-state index contributed by atoms with van der Waals surface area (Å²) in [5.74, 6) is -0.178. The van der Waals surface area contributed by atoms with Crippen LogP contribution in [0.25, 0.3) is 0 Å². The SMILES string of the molecule is C/C=C/[C@H](O)C[C@@H]1C[C@H](O[Si](C(C)C)(C(C)C)C(C)C)[C@@H](C)[C@H](CC(=O)OC)O1. The first-order valence-corrected chi connectivity index (χ1v) is 13.3. The van der Waals surface area contributed by atoms with E-state index in [1.807, 2.05) is 13.0 Å². The van der Waals surface area contributed by atoms with E-state index in [9.17, 15) is 9.90 Å². The Morgan fingerprint density at radius 2 is 1.72 bits per heavy atom. The highest BCUT2D eigenvalue weighted by Crippen LogP contribution is 2.45. The van der Waals surface area contributed by atoms with Gasteiger partial charge in [-0.15, -0.1) is 0 Å². The number of rotatable bonds is 10. The Morgan fingerprint density at radius 1 is 1.17 bits per heavy atom. The van der Waals surface area contributed by atoms with Crippen molar-refractivity contribution in [1.29, 1.82) is 0 Å². The van der Waals surface area contributed by atoms with E-state index in [0.29, 0.717) is 23.0 Å². The number of aliphatic hydroxyl groups is 1. The van der Waals surface area contributed by atoms with Crippen LogP contribution in [0.1, 0.15) is 74.7 Å². The van der Waals surface area contributed by atoms with Crippen molar-refractivity contribution >= 4 is 14.3 Å². The topological polar surface area (TPSA) is 65.0 Å². The lowest BCUT2D eigenvalue weighted by Crippen LogP contribution is -2.55. The van der Waals surface area contributed by atoms with E-state index in [-0.39, 0.29) is 36.6 Å². The molecule has 0 amide bonds. The number of allylic oxidation sites excluding steroid dienone is 1. The van der Waals surface area contributed by atoms with Crippen LogP contribution in [0.2, 0.25) is 16.6 Å². The molecule has 6 heteroatoms. The highest BCUT2D eigenvalue weighted by atomic mass is 28.4. The monoisotopic (exact) mass is 428 g/mol. The smallest absolute Gasteiger partial charge is 0.308 e. The predicted molar refractivity (Wildman–Crippen MR) is 120 cm³/mol. The van der Waals surface area contributed by atoms with Crippen LogP contribution in [0.3, 0.4) is 0 Å². The van der Waals surface area contributed by atoms with E-state index in [1.54, 1.807) is 6.08 Å². The Balaban J connectivity index is 3.16. The number of esters is 1. The third-order valence-corrected chi connectivity index (χ3v) is 12.7. The molecule has 1 saturated heterocycles. The molecule has 0 unspecified atom stereocenters. The highest BCUT2D eigenvalue weighted by Gasteiger charge is 2.49. The number of ether oxygens (including phenoxy) is 2. The average molecular weight is 429 g/mol. The fourth-order valence-electron chi connectivity index (χ4n) is 5.17. The molecule has 0 bridgehead atoms. The summed E-state index contributed by atoms with van der Waals surface area (Å²) >= 11 is 0. The Labute approximate surface area is 179 Å². The summed E-state index contributed by atoms with van der Waals surface area (Å²) in [7, 11) is -0.660. The number of carbonyl (C=O) groups is 1. The maximum absolute atomic E-state index is 12.0. The Bertz CT molecular complexity index is 510. The number of aliphatic hydroxyl groups excluding tert-OH is 1. The first-order valence-electron chi connectivity index (χ1n) is 11.2. The molecule has 0 radical (unpaired) electrons. The number of methoxy groups -OCH3 is 1. The second-order valence-electron chi connectivity index (χ2n) is 9.47. The molecule has 1 N–H and O–H groups in total. The van der Waals surface area contributed by atoms with Gasteiger partial charge < -0.3 is 19.0 Å². The van der Waals surface area contributed by atoms with Gasteiger partial charge in [0.15, 0.2) is 0 Å². The van der Waals surface area contributed by atoms with E-state index in [2.05, 4.69) is 48.5 Å². The number of carbonyl (C=O) groups excluding carboxylic acids is 1. The van der Waals surface area contributed by atoms with Crippen LogP contribution < -0.4 is 0 Å². The van der Waals surface area contributed by atoms with Crippen molar-refractivity contribution in [1.82, 2.24) is 0 Å². The lowest BCUT2D eigenvalue weighted by molar-refractivity contribution is -0.160. The Morgan fingerprint density at radius 3 is 2.17 bits per heavy atom. The van der Waals surface area contributed by atoms with Gasteiger partial charge in [-0.1, -0.05) is 60.6 Å². The summed E-state index contributed by atoms with van der Waals surface area (Å²) in [5, 5.41) is 10.3. The van der Waals surface area contributed by atoms with Crippen molar-refractivity contribution in [2.45, 2.75) is 116 Å². The number of hydrogen-bond acceptors (Lipinski definition) is 5. The molecule has 1 rings (SSSR count). The largest absolute Gasteiger partial charge is 0.469 e. The van der Waals surface area contributed by atoms with E-state index >= 15 is 0 Å². The number of hydrogen-bond donors (Lipinski definition) is 1. The van der Waals surface area contributed by atoms with Gasteiger partial charge in [-0.3, -0.25) is 4.79 Å². The molecule has 1 aliphatic heterocycles. The maximum Gasteiger partial charge on any atom is 0.308 e. The molecule has 170 valence electrons. The quantitative estimate of drug-likeness (QED) is 0.293. The van der Waals surface area contributed by atoms with Crippen LogP contribution in [-0.2, 0) is 18.7 Å². The standard InChI is InChI=1S/C23H44O5Si/c1-10-11-19(24)12-20-13-22(18(8)21(27-20)14-23(25)26-9)28-29(15(2)3,16(4)5)17(6)7/h10-11,15-22,24H,12-14H2,1-9H3/b11-10+/t18-,19-,20+,21-,22-/m0/s1. The summed E-state index contributed by atoms with van der Waals surface area (Å²) in [4.78, 5) is 12.0. The zero-order valence-corrected chi connectivity index (χ0v) is 21.0. The van der Waals surface area contributed by atoms with Gasteiger partial charge in [-0.25, -0.2) is 0 Å². The molecule has 0 saturated carbocycles. The predicted octanol–water partition coefficient (Wildman–Crippen LogP) is 5.23. The molecule has 1 fully saturated rings.